The number of esters is 2. The van der Waals surface area contributed by atoms with Crippen LogP contribution in [0, 0.1) is 0 Å². The molecule has 0 bridgehead atoms. The lowest BCUT2D eigenvalue weighted by atomic mass is 10.1. The van der Waals surface area contributed by atoms with Gasteiger partial charge in [-0.3, -0.25) is 19.3 Å². The first-order valence-electron chi connectivity index (χ1n) is 7.16. The largest absolute Gasteiger partial charge is 0.468 e. The van der Waals surface area contributed by atoms with Crippen LogP contribution < -0.4 is 0 Å². The Hall–Kier alpha value is -1.63. The number of nitrogens with zero attached hydrogens (tertiary/aromatic N) is 2. The normalized spacial score (nSPS) is 16.5. The molecule has 1 aliphatic rings. The zero-order valence-electron chi connectivity index (χ0n) is 13.0. The van der Waals surface area contributed by atoms with Crippen molar-refractivity contribution in [3.8, 4) is 0 Å². The summed E-state index contributed by atoms with van der Waals surface area (Å²) >= 11 is 0. The zero-order chi connectivity index (χ0) is 15.8. The van der Waals surface area contributed by atoms with Crippen LogP contribution in [0.3, 0.4) is 0 Å². The van der Waals surface area contributed by atoms with Crippen molar-refractivity contribution in [3.05, 3.63) is 0 Å². The van der Waals surface area contributed by atoms with E-state index in [1.165, 1.54) is 19.1 Å². The average Bonchev–Trinajstić information content (AvgIpc) is 2.53. The van der Waals surface area contributed by atoms with Gasteiger partial charge in [-0.2, -0.15) is 0 Å². The number of likely N-dealkylation sites (tertiary alicyclic amines) is 1. The van der Waals surface area contributed by atoms with Gasteiger partial charge < -0.3 is 14.4 Å². The van der Waals surface area contributed by atoms with Crippen molar-refractivity contribution in [2.75, 3.05) is 40.4 Å². The third-order valence-electron chi connectivity index (χ3n) is 3.69. The molecule has 7 heteroatoms. The first-order valence-corrected chi connectivity index (χ1v) is 7.16. The van der Waals surface area contributed by atoms with E-state index in [4.69, 9.17) is 0 Å². The lowest BCUT2D eigenvalue weighted by Crippen LogP contribution is -2.51. The van der Waals surface area contributed by atoms with Crippen LogP contribution in [0.4, 0.5) is 0 Å². The lowest BCUT2D eigenvalue weighted by molar-refractivity contribution is -0.149. The SMILES string of the molecule is COC(=O)CN(CC(=O)OC)C(C)C(=O)N1CCCCC1. The number of ether oxygens (including phenoxy) is 2. The number of carbonyl (C=O) groups is 3. The topological polar surface area (TPSA) is 76.1 Å². The van der Waals surface area contributed by atoms with E-state index in [1.807, 2.05) is 0 Å². The molecule has 1 atom stereocenters. The number of carbonyl (C=O) groups excluding carboxylic acids is 3. The Bertz CT molecular complexity index is 362. The number of hydrogen-bond acceptors (Lipinski definition) is 6. The van der Waals surface area contributed by atoms with Crippen molar-refractivity contribution in [1.82, 2.24) is 9.80 Å². The molecule has 120 valence electrons. The molecule has 0 aliphatic carbocycles. The molecule has 21 heavy (non-hydrogen) atoms. The fourth-order valence-corrected chi connectivity index (χ4v) is 2.33. The molecule has 1 aliphatic heterocycles. The van der Waals surface area contributed by atoms with Crippen LogP contribution in [0.1, 0.15) is 26.2 Å². The fraction of sp³-hybridized carbons (Fsp3) is 0.786. The standard InChI is InChI=1S/C14H24N2O5/c1-11(14(19)15-7-5-4-6-8-15)16(9-12(17)20-2)10-13(18)21-3/h11H,4-10H2,1-3H3. The molecule has 1 unspecified atom stereocenters. The number of piperidine rings is 1. The smallest absolute Gasteiger partial charge is 0.319 e. The van der Waals surface area contributed by atoms with Crippen molar-refractivity contribution in [3.63, 3.8) is 0 Å². The van der Waals surface area contributed by atoms with E-state index in [-0.39, 0.29) is 19.0 Å². The summed E-state index contributed by atoms with van der Waals surface area (Å²) in [6.45, 7) is 2.92. The summed E-state index contributed by atoms with van der Waals surface area (Å²) in [5.41, 5.74) is 0. The summed E-state index contributed by atoms with van der Waals surface area (Å²) < 4.78 is 9.23. The highest BCUT2D eigenvalue weighted by Crippen LogP contribution is 2.12. The van der Waals surface area contributed by atoms with Crippen molar-refractivity contribution in [2.24, 2.45) is 0 Å². The maximum atomic E-state index is 12.5. The average molecular weight is 300 g/mol. The van der Waals surface area contributed by atoms with Crippen molar-refractivity contribution < 1.29 is 23.9 Å². The minimum absolute atomic E-state index is 0.0671. The molecule has 1 heterocycles. The monoisotopic (exact) mass is 300 g/mol. The molecule has 1 fully saturated rings. The van der Waals surface area contributed by atoms with E-state index in [9.17, 15) is 14.4 Å². The Labute approximate surface area is 125 Å². The predicted molar refractivity (Wildman–Crippen MR) is 75.5 cm³/mol. The Morgan fingerprint density at radius 3 is 1.90 bits per heavy atom. The first kappa shape index (κ1) is 17.4. The summed E-state index contributed by atoms with van der Waals surface area (Å²) in [5.74, 6) is -1.04. The van der Waals surface area contributed by atoms with Crippen LogP contribution in [0.2, 0.25) is 0 Å². The van der Waals surface area contributed by atoms with E-state index >= 15 is 0 Å². The molecule has 0 radical (unpaired) electrons. The molecule has 0 N–H and O–H groups in total. The quantitative estimate of drug-likeness (QED) is 0.645. The summed E-state index contributed by atoms with van der Waals surface area (Å²) in [6.07, 6.45) is 3.12. The Kier molecular flexibility index (Phi) is 7.14. The van der Waals surface area contributed by atoms with E-state index in [1.54, 1.807) is 11.8 Å². The molecule has 0 aromatic rings. The molecule has 1 saturated heterocycles. The van der Waals surface area contributed by atoms with Crippen molar-refractivity contribution in [1.29, 1.82) is 0 Å². The number of hydrogen-bond donors (Lipinski definition) is 0. The summed E-state index contributed by atoms with van der Waals surface area (Å²) in [4.78, 5) is 38.6. The van der Waals surface area contributed by atoms with Gasteiger partial charge in [0.15, 0.2) is 0 Å². The summed E-state index contributed by atoms with van der Waals surface area (Å²) in [6, 6.07) is -0.568. The Morgan fingerprint density at radius 2 is 1.48 bits per heavy atom. The van der Waals surface area contributed by atoms with E-state index < -0.39 is 18.0 Å². The minimum Gasteiger partial charge on any atom is -0.468 e. The molecule has 0 saturated carbocycles. The van der Waals surface area contributed by atoms with Crippen molar-refractivity contribution in [2.45, 2.75) is 32.2 Å². The van der Waals surface area contributed by atoms with Gasteiger partial charge in [0.25, 0.3) is 0 Å². The van der Waals surface area contributed by atoms with Crippen LogP contribution >= 0.6 is 0 Å². The van der Waals surface area contributed by atoms with Crippen LogP contribution in [0.15, 0.2) is 0 Å². The Balaban J connectivity index is 2.71. The van der Waals surface area contributed by atoms with Gasteiger partial charge in [0, 0.05) is 13.1 Å². The highest BCUT2D eigenvalue weighted by atomic mass is 16.5. The molecule has 0 aromatic carbocycles. The van der Waals surface area contributed by atoms with E-state index in [0.717, 1.165) is 32.4 Å². The second-order valence-electron chi connectivity index (χ2n) is 5.12. The molecular weight excluding hydrogens is 276 g/mol. The Morgan fingerprint density at radius 1 is 1.00 bits per heavy atom. The summed E-state index contributed by atoms with van der Waals surface area (Å²) in [7, 11) is 2.55. The van der Waals surface area contributed by atoms with E-state index in [2.05, 4.69) is 9.47 Å². The zero-order valence-corrected chi connectivity index (χ0v) is 13.0. The van der Waals surface area contributed by atoms with Gasteiger partial charge >= 0.3 is 11.9 Å². The molecule has 1 amide bonds. The minimum atomic E-state index is -0.568. The maximum absolute atomic E-state index is 12.5. The predicted octanol–water partition coefficient (Wildman–Crippen LogP) is 0.0354. The van der Waals surface area contributed by atoms with Crippen LogP contribution in [0.5, 0.6) is 0 Å². The van der Waals surface area contributed by atoms with Gasteiger partial charge in [-0.05, 0) is 26.2 Å². The highest BCUT2D eigenvalue weighted by molar-refractivity contribution is 5.83. The first-order chi connectivity index (χ1) is 9.99. The van der Waals surface area contributed by atoms with Gasteiger partial charge in [-0.1, -0.05) is 0 Å². The van der Waals surface area contributed by atoms with Crippen LogP contribution in [-0.2, 0) is 23.9 Å². The summed E-state index contributed by atoms with van der Waals surface area (Å²) in [5, 5.41) is 0. The second-order valence-corrected chi connectivity index (χ2v) is 5.12. The van der Waals surface area contributed by atoms with E-state index in [0.29, 0.717) is 0 Å². The fourth-order valence-electron chi connectivity index (χ4n) is 2.33. The van der Waals surface area contributed by atoms with Crippen molar-refractivity contribution >= 4 is 17.8 Å². The van der Waals surface area contributed by atoms with Gasteiger partial charge in [0.05, 0.1) is 33.4 Å². The molecular formula is C14H24N2O5. The van der Waals surface area contributed by atoms with Crippen LogP contribution in [0.25, 0.3) is 0 Å². The van der Waals surface area contributed by atoms with Gasteiger partial charge in [-0.15, -0.1) is 0 Å². The third kappa shape index (κ3) is 5.34. The molecule has 0 spiro atoms. The molecule has 7 nitrogen and oxygen atoms in total. The maximum Gasteiger partial charge on any atom is 0.319 e. The molecule has 1 rings (SSSR count). The third-order valence-corrected chi connectivity index (χ3v) is 3.69. The van der Waals surface area contributed by atoms with Gasteiger partial charge in [-0.25, -0.2) is 0 Å². The lowest BCUT2D eigenvalue weighted by Gasteiger charge is -2.33. The van der Waals surface area contributed by atoms with Gasteiger partial charge in [0.1, 0.15) is 0 Å². The van der Waals surface area contributed by atoms with Crippen LogP contribution in [-0.4, -0.2) is 74.1 Å². The van der Waals surface area contributed by atoms with Gasteiger partial charge in [0.2, 0.25) is 5.91 Å². The number of amides is 1. The molecule has 0 aromatic heterocycles. The highest BCUT2D eigenvalue weighted by Gasteiger charge is 2.29. The number of methoxy groups -OCH3 is 2. The second kappa shape index (κ2) is 8.61. The number of rotatable bonds is 6.